The number of aryl methyl sites for hydroxylation is 1. The number of para-hydroxylation sites is 2. The van der Waals surface area contributed by atoms with E-state index in [0.717, 1.165) is 17.5 Å². The van der Waals surface area contributed by atoms with Crippen LogP contribution >= 0.6 is 0 Å². The number of hydrogen-bond acceptors (Lipinski definition) is 1. The largest absolute Gasteiger partial charge is 0.299 e. The lowest BCUT2D eigenvalue weighted by Gasteiger charge is -2.05. The number of nitrogens with zero attached hydrogens (tertiary/aromatic N) is 2. The molecular formula is C15H14N2. The molecule has 0 aliphatic rings. The van der Waals surface area contributed by atoms with E-state index in [-0.39, 0.29) is 0 Å². The van der Waals surface area contributed by atoms with Crippen molar-refractivity contribution in [2.45, 2.75) is 13.3 Å². The maximum Gasteiger partial charge on any atom is 0.100 e. The smallest absolute Gasteiger partial charge is 0.100 e. The first-order valence-corrected chi connectivity index (χ1v) is 5.90. The SMILES string of the molecule is CCc1cccc(-n2cnc3ccccc32)c1. The molecule has 0 aliphatic carbocycles. The van der Waals surface area contributed by atoms with E-state index >= 15 is 0 Å². The zero-order chi connectivity index (χ0) is 11.7. The molecule has 1 heterocycles. The molecule has 0 radical (unpaired) electrons. The van der Waals surface area contributed by atoms with Crippen LogP contribution in [0.15, 0.2) is 54.9 Å². The first kappa shape index (κ1) is 10.1. The van der Waals surface area contributed by atoms with Crippen LogP contribution in [-0.4, -0.2) is 9.55 Å². The van der Waals surface area contributed by atoms with Gasteiger partial charge in [-0.15, -0.1) is 0 Å². The van der Waals surface area contributed by atoms with Gasteiger partial charge in [0.05, 0.1) is 11.0 Å². The van der Waals surface area contributed by atoms with Crippen molar-refractivity contribution < 1.29 is 0 Å². The van der Waals surface area contributed by atoms with Gasteiger partial charge in [-0.05, 0) is 36.2 Å². The number of benzene rings is 2. The number of hydrogen-bond donors (Lipinski definition) is 0. The Morgan fingerprint density at radius 2 is 1.94 bits per heavy atom. The van der Waals surface area contributed by atoms with Gasteiger partial charge in [-0.25, -0.2) is 4.98 Å². The Kier molecular flexibility index (Phi) is 2.41. The summed E-state index contributed by atoms with van der Waals surface area (Å²) in [6, 6.07) is 16.8. The Hall–Kier alpha value is -2.09. The van der Waals surface area contributed by atoms with Gasteiger partial charge in [-0.3, -0.25) is 4.57 Å². The molecule has 17 heavy (non-hydrogen) atoms. The molecule has 1 aromatic heterocycles. The van der Waals surface area contributed by atoms with Gasteiger partial charge in [0.25, 0.3) is 0 Å². The average Bonchev–Trinajstić information content (AvgIpc) is 2.82. The van der Waals surface area contributed by atoms with Gasteiger partial charge >= 0.3 is 0 Å². The molecule has 0 saturated heterocycles. The molecule has 0 bridgehead atoms. The summed E-state index contributed by atoms with van der Waals surface area (Å²) in [5.74, 6) is 0. The molecule has 84 valence electrons. The summed E-state index contributed by atoms with van der Waals surface area (Å²) in [4.78, 5) is 4.41. The lowest BCUT2D eigenvalue weighted by atomic mass is 10.1. The number of aromatic nitrogens is 2. The summed E-state index contributed by atoms with van der Waals surface area (Å²) >= 11 is 0. The first-order valence-electron chi connectivity index (χ1n) is 5.90. The molecule has 2 nitrogen and oxygen atoms in total. The van der Waals surface area contributed by atoms with Gasteiger partial charge < -0.3 is 0 Å². The molecule has 2 aromatic carbocycles. The minimum atomic E-state index is 1.04. The van der Waals surface area contributed by atoms with Crippen molar-refractivity contribution >= 4 is 11.0 Å². The van der Waals surface area contributed by atoms with Gasteiger partial charge in [-0.1, -0.05) is 31.2 Å². The molecule has 0 fully saturated rings. The third kappa shape index (κ3) is 1.72. The summed E-state index contributed by atoms with van der Waals surface area (Å²) < 4.78 is 2.13. The lowest BCUT2D eigenvalue weighted by molar-refractivity contribution is 1.07. The number of rotatable bonds is 2. The standard InChI is InChI=1S/C15H14N2/c1-2-12-6-5-7-13(10-12)17-11-16-14-8-3-4-9-15(14)17/h3-11H,2H2,1H3. The molecule has 0 amide bonds. The fourth-order valence-corrected chi connectivity index (χ4v) is 2.09. The molecule has 0 unspecified atom stereocenters. The highest BCUT2D eigenvalue weighted by Crippen LogP contribution is 2.18. The van der Waals surface area contributed by atoms with E-state index in [1.807, 2.05) is 24.5 Å². The lowest BCUT2D eigenvalue weighted by Crippen LogP contribution is -1.92. The van der Waals surface area contributed by atoms with Crippen molar-refractivity contribution in [3.05, 3.63) is 60.4 Å². The summed E-state index contributed by atoms with van der Waals surface area (Å²) in [6.07, 6.45) is 2.94. The van der Waals surface area contributed by atoms with Gasteiger partial charge in [0.1, 0.15) is 6.33 Å². The van der Waals surface area contributed by atoms with E-state index in [9.17, 15) is 0 Å². The van der Waals surface area contributed by atoms with Crippen LogP contribution in [-0.2, 0) is 6.42 Å². The van der Waals surface area contributed by atoms with Crippen LogP contribution in [0.25, 0.3) is 16.7 Å². The van der Waals surface area contributed by atoms with E-state index in [1.54, 1.807) is 0 Å². The van der Waals surface area contributed by atoms with Crippen LogP contribution in [0.1, 0.15) is 12.5 Å². The Morgan fingerprint density at radius 3 is 2.82 bits per heavy atom. The fraction of sp³-hybridized carbons (Fsp3) is 0.133. The van der Waals surface area contributed by atoms with Crippen molar-refractivity contribution in [3.63, 3.8) is 0 Å². The molecule has 3 rings (SSSR count). The summed E-state index contributed by atoms with van der Waals surface area (Å²) in [7, 11) is 0. The van der Waals surface area contributed by atoms with E-state index in [4.69, 9.17) is 0 Å². The van der Waals surface area contributed by atoms with E-state index in [2.05, 4.69) is 46.8 Å². The maximum absolute atomic E-state index is 4.41. The van der Waals surface area contributed by atoms with Gasteiger partial charge in [0, 0.05) is 5.69 Å². The van der Waals surface area contributed by atoms with Crippen LogP contribution in [0.4, 0.5) is 0 Å². The zero-order valence-electron chi connectivity index (χ0n) is 9.80. The van der Waals surface area contributed by atoms with E-state index in [1.165, 1.54) is 11.3 Å². The molecular weight excluding hydrogens is 208 g/mol. The Bertz CT molecular complexity index is 653. The minimum absolute atomic E-state index is 1.04. The van der Waals surface area contributed by atoms with Gasteiger partial charge in [-0.2, -0.15) is 0 Å². The van der Waals surface area contributed by atoms with Crippen LogP contribution in [0.2, 0.25) is 0 Å². The molecule has 0 spiro atoms. The molecule has 0 N–H and O–H groups in total. The summed E-state index contributed by atoms with van der Waals surface area (Å²) in [5.41, 5.74) is 4.72. The Morgan fingerprint density at radius 1 is 1.06 bits per heavy atom. The number of imidazole rings is 1. The van der Waals surface area contributed by atoms with Crippen LogP contribution < -0.4 is 0 Å². The third-order valence-corrected chi connectivity index (χ3v) is 3.05. The first-order chi connectivity index (χ1) is 8.38. The van der Waals surface area contributed by atoms with Crippen LogP contribution in [0, 0.1) is 0 Å². The predicted octanol–water partition coefficient (Wildman–Crippen LogP) is 3.59. The maximum atomic E-state index is 4.41. The topological polar surface area (TPSA) is 17.8 Å². The highest BCUT2D eigenvalue weighted by atomic mass is 15.0. The third-order valence-electron chi connectivity index (χ3n) is 3.05. The van der Waals surface area contributed by atoms with Crippen LogP contribution in [0.5, 0.6) is 0 Å². The second-order valence-corrected chi connectivity index (χ2v) is 4.13. The van der Waals surface area contributed by atoms with Crippen molar-refractivity contribution in [1.82, 2.24) is 9.55 Å². The Labute approximate surface area is 101 Å². The highest BCUT2D eigenvalue weighted by Gasteiger charge is 2.03. The summed E-state index contributed by atoms with van der Waals surface area (Å²) in [5, 5.41) is 0. The quantitative estimate of drug-likeness (QED) is 0.648. The van der Waals surface area contributed by atoms with Crippen molar-refractivity contribution in [2.24, 2.45) is 0 Å². The number of fused-ring (bicyclic) bond motifs is 1. The second-order valence-electron chi connectivity index (χ2n) is 4.13. The predicted molar refractivity (Wildman–Crippen MR) is 70.4 cm³/mol. The molecule has 0 aliphatic heterocycles. The van der Waals surface area contributed by atoms with Crippen LogP contribution in [0.3, 0.4) is 0 Å². The van der Waals surface area contributed by atoms with E-state index < -0.39 is 0 Å². The second kappa shape index (κ2) is 4.06. The Balaban J connectivity index is 2.20. The molecule has 0 saturated carbocycles. The van der Waals surface area contributed by atoms with Crippen molar-refractivity contribution in [1.29, 1.82) is 0 Å². The zero-order valence-corrected chi connectivity index (χ0v) is 9.80. The molecule has 3 aromatic rings. The van der Waals surface area contributed by atoms with E-state index in [0.29, 0.717) is 0 Å². The highest BCUT2D eigenvalue weighted by molar-refractivity contribution is 5.77. The fourth-order valence-electron chi connectivity index (χ4n) is 2.09. The molecule has 2 heteroatoms. The average molecular weight is 222 g/mol. The van der Waals surface area contributed by atoms with Crippen molar-refractivity contribution in [2.75, 3.05) is 0 Å². The van der Waals surface area contributed by atoms with Crippen molar-refractivity contribution in [3.8, 4) is 5.69 Å². The molecule has 0 atom stereocenters. The van der Waals surface area contributed by atoms with Gasteiger partial charge in [0.2, 0.25) is 0 Å². The summed E-state index contributed by atoms with van der Waals surface area (Å²) in [6.45, 7) is 2.17. The van der Waals surface area contributed by atoms with Gasteiger partial charge in [0.15, 0.2) is 0 Å². The minimum Gasteiger partial charge on any atom is -0.299 e. The monoisotopic (exact) mass is 222 g/mol. The normalized spacial score (nSPS) is 10.9.